The van der Waals surface area contributed by atoms with E-state index >= 15 is 0 Å². The lowest BCUT2D eigenvalue weighted by Gasteiger charge is -2.05. The number of alkyl halides is 3. The third kappa shape index (κ3) is 3.22. The summed E-state index contributed by atoms with van der Waals surface area (Å²) in [5.41, 5.74) is -0.854. The molecule has 0 aliphatic rings. The van der Waals surface area contributed by atoms with Crippen LogP contribution in [0.3, 0.4) is 0 Å². The fourth-order valence-corrected chi connectivity index (χ4v) is 2.79. The van der Waals surface area contributed by atoms with Gasteiger partial charge < -0.3 is 9.47 Å². The summed E-state index contributed by atoms with van der Waals surface area (Å²) in [4.78, 5) is 14.7. The first-order valence-electron chi connectivity index (χ1n) is 6.27. The van der Waals surface area contributed by atoms with E-state index in [1.807, 2.05) is 0 Å². The monoisotopic (exact) mass is 331 g/mol. The van der Waals surface area contributed by atoms with Crippen LogP contribution in [-0.4, -0.2) is 24.7 Å². The van der Waals surface area contributed by atoms with Gasteiger partial charge in [-0.3, -0.25) is 0 Å². The summed E-state index contributed by atoms with van der Waals surface area (Å²) in [5, 5.41) is 0.0489. The summed E-state index contributed by atoms with van der Waals surface area (Å²) >= 11 is 0.631. The SMILES string of the molecule is CCOC(=O)c1sc(-c2ccccc2OC)nc1C(F)(F)F. The maximum absolute atomic E-state index is 13.1. The third-order valence-corrected chi connectivity index (χ3v) is 3.76. The minimum Gasteiger partial charge on any atom is -0.496 e. The molecule has 0 saturated carbocycles. The van der Waals surface area contributed by atoms with E-state index in [4.69, 9.17) is 4.74 Å². The number of para-hydroxylation sites is 1. The predicted octanol–water partition coefficient (Wildman–Crippen LogP) is 4.01. The lowest BCUT2D eigenvalue weighted by molar-refractivity contribution is -0.141. The number of carbonyl (C=O) groups is 1. The normalized spacial score (nSPS) is 11.3. The van der Waals surface area contributed by atoms with Gasteiger partial charge in [-0.2, -0.15) is 13.2 Å². The van der Waals surface area contributed by atoms with E-state index in [-0.39, 0.29) is 11.6 Å². The van der Waals surface area contributed by atoms with Gasteiger partial charge in [-0.15, -0.1) is 11.3 Å². The molecule has 1 aromatic carbocycles. The van der Waals surface area contributed by atoms with Crippen molar-refractivity contribution in [1.82, 2.24) is 4.98 Å². The van der Waals surface area contributed by atoms with Gasteiger partial charge in [0.05, 0.1) is 19.3 Å². The molecule has 4 nitrogen and oxygen atoms in total. The lowest BCUT2D eigenvalue weighted by atomic mass is 10.2. The van der Waals surface area contributed by atoms with Crippen LogP contribution >= 0.6 is 11.3 Å². The van der Waals surface area contributed by atoms with Gasteiger partial charge in [0, 0.05) is 0 Å². The molecule has 2 aromatic rings. The number of hydrogen-bond donors (Lipinski definition) is 0. The number of halogens is 3. The summed E-state index contributed by atoms with van der Waals surface area (Å²) in [7, 11) is 1.41. The molecule has 0 bridgehead atoms. The molecule has 0 saturated heterocycles. The van der Waals surface area contributed by atoms with E-state index in [9.17, 15) is 18.0 Å². The Labute approximate surface area is 128 Å². The van der Waals surface area contributed by atoms with Gasteiger partial charge >= 0.3 is 12.1 Å². The Hall–Kier alpha value is -2.09. The van der Waals surface area contributed by atoms with E-state index in [2.05, 4.69) is 9.72 Å². The van der Waals surface area contributed by atoms with E-state index in [0.717, 1.165) is 0 Å². The van der Waals surface area contributed by atoms with Crippen molar-refractivity contribution in [2.45, 2.75) is 13.1 Å². The molecule has 0 unspecified atom stereocenters. The van der Waals surface area contributed by atoms with E-state index in [1.165, 1.54) is 14.0 Å². The fraction of sp³-hybridized carbons (Fsp3) is 0.286. The van der Waals surface area contributed by atoms with Gasteiger partial charge in [0.2, 0.25) is 0 Å². The molecule has 1 heterocycles. The first kappa shape index (κ1) is 16.3. The van der Waals surface area contributed by atoms with E-state index < -0.39 is 22.7 Å². The van der Waals surface area contributed by atoms with Crippen molar-refractivity contribution >= 4 is 17.3 Å². The molecule has 0 aliphatic carbocycles. The second-order valence-electron chi connectivity index (χ2n) is 4.12. The highest BCUT2D eigenvalue weighted by Crippen LogP contribution is 2.40. The second-order valence-corrected chi connectivity index (χ2v) is 5.11. The highest BCUT2D eigenvalue weighted by molar-refractivity contribution is 7.17. The molecule has 118 valence electrons. The summed E-state index contributed by atoms with van der Waals surface area (Å²) in [5.74, 6) is -0.658. The molecular weight excluding hydrogens is 319 g/mol. The number of ether oxygens (including phenoxy) is 2. The maximum atomic E-state index is 13.1. The molecule has 0 spiro atoms. The van der Waals surface area contributed by atoms with Crippen LogP contribution in [0, 0.1) is 0 Å². The minimum absolute atomic E-state index is 0.0159. The average molecular weight is 331 g/mol. The Morgan fingerprint density at radius 1 is 1.32 bits per heavy atom. The summed E-state index contributed by atoms with van der Waals surface area (Å²) in [6.07, 6.45) is -4.74. The van der Waals surface area contributed by atoms with Crippen LogP contribution in [0.4, 0.5) is 13.2 Å². The smallest absolute Gasteiger partial charge is 0.435 e. The fourth-order valence-electron chi connectivity index (χ4n) is 1.78. The Balaban J connectivity index is 2.57. The van der Waals surface area contributed by atoms with Crippen molar-refractivity contribution in [3.05, 3.63) is 34.8 Å². The molecule has 0 amide bonds. The van der Waals surface area contributed by atoms with Crippen molar-refractivity contribution in [2.75, 3.05) is 13.7 Å². The highest BCUT2D eigenvalue weighted by Gasteiger charge is 2.40. The Kier molecular flexibility index (Phi) is 4.70. The van der Waals surface area contributed by atoms with Crippen LogP contribution in [-0.2, 0) is 10.9 Å². The van der Waals surface area contributed by atoms with Crippen LogP contribution in [0.2, 0.25) is 0 Å². The standard InChI is InChI=1S/C14H12F3NO3S/c1-3-21-13(19)10-11(14(15,16)17)18-12(22-10)8-6-4-5-7-9(8)20-2/h4-7H,3H2,1-2H3. The van der Waals surface area contributed by atoms with Crippen LogP contribution in [0.25, 0.3) is 10.6 Å². The molecule has 2 rings (SSSR count). The predicted molar refractivity (Wildman–Crippen MR) is 75.1 cm³/mol. The third-order valence-electron chi connectivity index (χ3n) is 2.69. The van der Waals surface area contributed by atoms with E-state index in [0.29, 0.717) is 22.6 Å². The van der Waals surface area contributed by atoms with Crippen molar-refractivity contribution in [3.8, 4) is 16.3 Å². The molecule has 0 N–H and O–H groups in total. The van der Waals surface area contributed by atoms with Crippen LogP contribution in [0.1, 0.15) is 22.3 Å². The average Bonchev–Trinajstić information content (AvgIpc) is 2.92. The Morgan fingerprint density at radius 3 is 2.59 bits per heavy atom. The number of hydrogen-bond acceptors (Lipinski definition) is 5. The van der Waals surface area contributed by atoms with Gasteiger partial charge in [0.15, 0.2) is 5.69 Å². The lowest BCUT2D eigenvalue weighted by Crippen LogP contribution is -2.13. The van der Waals surface area contributed by atoms with Crippen LogP contribution in [0.5, 0.6) is 5.75 Å². The number of thiazole rings is 1. The number of nitrogens with zero attached hydrogens (tertiary/aromatic N) is 1. The van der Waals surface area contributed by atoms with Gasteiger partial charge in [-0.25, -0.2) is 9.78 Å². The van der Waals surface area contributed by atoms with Crippen LogP contribution in [0.15, 0.2) is 24.3 Å². The van der Waals surface area contributed by atoms with Gasteiger partial charge in [-0.1, -0.05) is 12.1 Å². The minimum atomic E-state index is -4.74. The van der Waals surface area contributed by atoms with Crippen molar-refractivity contribution in [2.24, 2.45) is 0 Å². The largest absolute Gasteiger partial charge is 0.496 e. The molecule has 0 fully saturated rings. The number of methoxy groups -OCH3 is 1. The highest BCUT2D eigenvalue weighted by atomic mass is 32.1. The summed E-state index contributed by atoms with van der Waals surface area (Å²) in [6.45, 7) is 1.51. The van der Waals surface area contributed by atoms with Gasteiger partial charge in [0.1, 0.15) is 15.6 Å². The van der Waals surface area contributed by atoms with Crippen molar-refractivity contribution in [3.63, 3.8) is 0 Å². The van der Waals surface area contributed by atoms with Crippen LogP contribution < -0.4 is 4.74 Å². The van der Waals surface area contributed by atoms with E-state index in [1.54, 1.807) is 24.3 Å². The number of benzene rings is 1. The van der Waals surface area contributed by atoms with Gasteiger partial charge in [0.25, 0.3) is 0 Å². The number of carbonyl (C=O) groups excluding carboxylic acids is 1. The Bertz CT molecular complexity index is 682. The molecule has 22 heavy (non-hydrogen) atoms. The molecular formula is C14H12F3NO3S. The van der Waals surface area contributed by atoms with Crippen molar-refractivity contribution < 1.29 is 27.4 Å². The number of rotatable bonds is 4. The molecule has 0 aliphatic heterocycles. The molecule has 0 atom stereocenters. The molecule has 0 radical (unpaired) electrons. The topological polar surface area (TPSA) is 48.4 Å². The molecule has 1 aromatic heterocycles. The summed E-state index contributed by atoms with van der Waals surface area (Å²) < 4.78 is 49.0. The summed E-state index contributed by atoms with van der Waals surface area (Å²) in [6, 6.07) is 6.52. The zero-order valence-corrected chi connectivity index (χ0v) is 12.5. The zero-order chi connectivity index (χ0) is 16.3. The second kappa shape index (κ2) is 6.35. The quantitative estimate of drug-likeness (QED) is 0.794. The first-order chi connectivity index (χ1) is 10.4. The Morgan fingerprint density at radius 2 is 2.00 bits per heavy atom. The van der Waals surface area contributed by atoms with Crippen molar-refractivity contribution in [1.29, 1.82) is 0 Å². The number of esters is 1. The number of aromatic nitrogens is 1. The maximum Gasteiger partial charge on any atom is 0.435 e. The zero-order valence-electron chi connectivity index (χ0n) is 11.7. The molecule has 8 heteroatoms. The first-order valence-corrected chi connectivity index (χ1v) is 7.08. The van der Waals surface area contributed by atoms with Gasteiger partial charge in [-0.05, 0) is 19.1 Å².